The van der Waals surface area contributed by atoms with Gasteiger partial charge in [-0.25, -0.2) is 4.98 Å². The molecule has 4 rings (SSSR count). The van der Waals surface area contributed by atoms with Crippen LogP contribution in [0.1, 0.15) is 6.42 Å². The van der Waals surface area contributed by atoms with Gasteiger partial charge in [0, 0.05) is 28.0 Å². The molecule has 3 aromatic carbocycles. The van der Waals surface area contributed by atoms with Gasteiger partial charge in [0.05, 0.1) is 16.6 Å². The van der Waals surface area contributed by atoms with Crippen LogP contribution in [0.4, 0.5) is 5.69 Å². The molecule has 1 aromatic heterocycles. The number of nitrogens with zero attached hydrogens (tertiary/aromatic N) is 2. The van der Waals surface area contributed by atoms with Gasteiger partial charge < -0.3 is 5.32 Å². The average molecular weight is 456 g/mol. The number of benzene rings is 3. The molecule has 0 fully saturated rings. The Bertz CT molecular complexity index is 1210. The van der Waals surface area contributed by atoms with E-state index in [-0.39, 0.29) is 5.56 Å². The van der Waals surface area contributed by atoms with E-state index in [0.29, 0.717) is 21.1 Å². The number of nitrogens with one attached hydrogen (secondary N) is 1. The number of para-hydroxylation sites is 1. The van der Waals surface area contributed by atoms with Gasteiger partial charge in [-0.3, -0.25) is 9.36 Å². The van der Waals surface area contributed by atoms with Gasteiger partial charge in [-0.05, 0) is 67.1 Å². The number of halogens is 2. The zero-order chi connectivity index (χ0) is 20.9. The molecule has 0 bridgehead atoms. The Hall–Kier alpha value is -2.47. The second kappa shape index (κ2) is 9.56. The van der Waals surface area contributed by atoms with Crippen LogP contribution < -0.4 is 10.9 Å². The highest BCUT2D eigenvalue weighted by molar-refractivity contribution is 7.99. The molecular weight excluding hydrogens is 437 g/mol. The van der Waals surface area contributed by atoms with Crippen molar-refractivity contribution in [1.82, 2.24) is 9.55 Å². The first kappa shape index (κ1) is 20.8. The SMILES string of the molecule is O=c1c2ccccc2nc(SCCCNc2ccc(Cl)cc2)n1-c1ccc(Cl)cc1. The van der Waals surface area contributed by atoms with E-state index in [1.54, 1.807) is 28.5 Å². The number of hydrogen-bond donors (Lipinski definition) is 1. The molecule has 30 heavy (non-hydrogen) atoms. The minimum atomic E-state index is -0.0790. The second-order valence-corrected chi connectivity index (χ2v) is 8.60. The third kappa shape index (κ3) is 4.81. The van der Waals surface area contributed by atoms with Crippen LogP contribution in [0.2, 0.25) is 10.0 Å². The molecule has 0 saturated carbocycles. The molecule has 0 unspecified atom stereocenters. The maximum Gasteiger partial charge on any atom is 0.266 e. The summed E-state index contributed by atoms with van der Waals surface area (Å²) in [6.45, 7) is 0.813. The number of thioether (sulfide) groups is 1. The smallest absolute Gasteiger partial charge is 0.266 e. The van der Waals surface area contributed by atoms with Crippen molar-refractivity contribution in [3.8, 4) is 5.69 Å². The van der Waals surface area contributed by atoms with E-state index < -0.39 is 0 Å². The van der Waals surface area contributed by atoms with Gasteiger partial charge in [-0.2, -0.15) is 0 Å². The number of anilines is 1. The third-order valence-electron chi connectivity index (χ3n) is 4.56. The predicted octanol–water partition coefficient (Wildman–Crippen LogP) is 6.29. The third-order valence-corrected chi connectivity index (χ3v) is 6.08. The van der Waals surface area contributed by atoms with Gasteiger partial charge in [0.25, 0.3) is 5.56 Å². The quantitative estimate of drug-likeness (QED) is 0.202. The molecule has 0 amide bonds. The van der Waals surface area contributed by atoms with Gasteiger partial charge >= 0.3 is 0 Å². The van der Waals surface area contributed by atoms with Crippen LogP contribution in [0, 0.1) is 0 Å². The van der Waals surface area contributed by atoms with Crippen LogP contribution in [-0.4, -0.2) is 21.8 Å². The Labute approximate surface area is 188 Å². The Morgan fingerprint density at radius 2 is 1.57 bits per heavy atom. The highest BCUT2D eigenvalue weighted by atomic mass is 35.5. The fraction of sp³-hybridized carbons (Fsp3) is 0.130. The van der Waals surface area contributed by atoms with Crippen molar-refractivity contribution in [2.45, 2.75) is 11.6 Å². The lowest BCUT2D eigenvalue weighted by atomic mass is 10.2. The molecule has 4 aromatic rings. The molecule has 0 atom stereocenters. The van der Waals surface area contributed by atoms with E-state index in [1.807, 2.05) is 60.7 Å². The van der Waals surface area contributed by atoms with Crippen LogP contribution in [0.25, 0.3) is 16.6 Å². The van der Waals surface area contributed by atoms with E-state index in [1.165, 1.54) is 0 Å². The maximum absolute atomic E-state index is 13.2. The first-order valence-electron chi connectivity index (χ1n) is 9.52. The Kier molecular flexibility index (Phi) is 6.62. The summed E-state index contributed by atoms with van der Waals surface area (Å²) < 4.78 is 1.66. The number of rotatable bonds is 7. The van der Waals surface area contributed by atoms with Crippen LogP contribution in [-0.2, 0) is 0 Å². The van der Waals surface area contributed by atoms with Gasteiger partial charge in [-0.1, -0.05) is 47.1 Å². The van der Waals surface area contributed by atoms with E-state index in [4.69, 9.17) is 28.2 Å². The molecule has 1 heterocycles. The molecule has 4 nitrogen and oxygen atoms in total. The molecule has 0 aliphatic heterocycles. The summed E-state index contributed by atoms with van der Waals surface area (Å²) >= 11 is 13.5. The van der Waals surface area contributed by atoms with Gasteiger partial charge in [-0.15, -0.1) is 0 Å². The van der Waals surface area contributed by atoms with Gasteiger partial charge in [0.1, 0.15) is 0 Å². The van der Waals surface area contributed by atoms with Gasteiger partial charge in [0.15, 0.2) is 5.16 Å². The summed E-state index contributed by atoms with van der Waals surface area (Å²) in [7, 11) is 0. The van der Waals surface area contributed by atoms with Crippen LogP contribution in [0.5, 0.6) is 0 Å². The first-order valence-corrected chi connectivity index (χ1v) is 11.3. The summed E-state index contributed by atoms with van der Waals surface area (Å²) in [5, 5.41) is 6.00. The molecule has 0 radical (unpaired) electrons. The van der Waals surface area contributed by atoms with Crippen molar-refractivity contribution in [1.29, 1.82) is 0 Å². The molecule has 152 valence electrons. The summed E-state index contributed by atoms with van der Waals surface area (Å²) in [4.78, 5) is 17.9. The molecule has 0 saturated heterocycles. The maximum atomic E-state index is 13.2. The Morgan fingerprint density at radius 1 is 0.900 bits per heavy atom. The Morgan fingerprint density at radius 3 is 2.30 bits per heavy atom. The molecule has 0 spiro atoms. The summed E-state index contributed by atoms with van der Waals surface area (Å²) in [6, 6.07) is 22.3. The number of aromatic nitrogens is 2. The Balaban J connectivity index is 1.53. The number of hydrogen-bond acceptors (Lipinski definition) is 4. The van der Waals surface area contributed by atoms with Crippen molar-refractivity contribution in [3.63, 3.8) is 0 Å². The van der Waals surface area contributed by atoms with Crippen molar-refractivity contribution in [3.05, 3.63) is 93.2 Å². The monoisotopic (exact) mass is 455 g/mol. The average Bonchev–Trinajstić information content (AvgIpc) is 2.76. The zero-order valence-electron chi connectivity index (χ0n) is 16.0. The summed E-state index contributed by atoms with van der Waals surface area (Å²) in [5.41, 5.74) is 2.41. The lowest BCUT2D eigenvalue weighted by Gasteiger charge is -2.13. The highest BCUT2D eigenvalue weighted by Gasteiger charge is 2.13. The van der Waals surface area contributed by atoms with Crippen LogP contribution >= 0.6 is 35.0 Å². The lowest BCUT2D eigenvalue weighted by Crippen LogP contribution is -2.21. The second-order valence-electron chi connectivity index (χ2n) is 6.66. The molecule has 0 aliphatic rings. The minimum absolute atomic E-state index is 0.0790. The standard InChI is InChI=1S/C23H19Cl2N3OS/c24-16-6-10-18(11-7-16)26-14-3-15-30-23-27-21-5-2-1-4-20(21)22(29)28(23)19-12-8-17(25)9-13-19/h1-2,4-13,26H,3,14-15H2. The molecular formula is C23H19Cl2N3OS. The molecule has 0 aliphatic carbocycles. The van der Waals surface area contributed by atoms with Crippen molar-refractivity contribution in [2.24, 2.45) is 0 Å². The lowest BCUT2D eigenvalue weighted by molar-refractivity contribution is 0.818. The van der Waals surface area contributed by atoms with E-state index in [9.17, 15) is 4.79 Å². The molecule has 1 N–H and O–H groups in total. The molecule has 7 heteroatoms. The van der Waals surface area contributed by atoms with E-state index >= 15 is 0 Å². The topological polar surface area (TPSA) is 46.9 Å². The predicted molar refractivity (Wildman–Crippen MR) is 128 cm³/mol. The van der Waals surface area contributed by atoms with Crippen LogP contribution in [0.15, 0.2) is 82.7 Å². The fourth-order valence-electron chi connectivity index (χ4n) is 3.06. The summed E-state index contributed by atoms with van der Waals surface area (Å²) in [6.07, 6.45) is 0.913. The van der Waals surface area contributed by atoms with Crippen LogP contribution in [0.3, 0.4) is 0 Å². The fourth-order valence-corrected chi connectivity index (χ4v) is 4.27. The van der Waals surface area contributed by atoms with Gasteiger partial charge in [0.2, 0.25) is 0 Å². The van der Waals surface area contributed by atoms with Crippen molar-refractivity contribution >= 4 is 51.6 Å². The summed E-state index contributed by atoms with van der Waals surface area (Å²) in [5.74, 6) is 0.818. The van der Waals surface area contributed by atoms with E-state index in [0.717, 1.165) is 35.1 Å². The zero-order valence-corrected chi connectivity index (χ0v) is 18.3. The van der Waals surface area contributed by atoms with E-state index in [2.05, 4.69) is 5.32 Å². The first-order chi connectivity index (χ1) is 14.6. The van der Waals surface area contributed by atoms with Crippen molar-refractivity contribution in [2.75, 3.05) is 17.6 Å². The largest absolute Gasteiger partial charge is 0.385 e. The highest BCUT2D eigenvalue weighted by Crippen LogP contribution is 2.23. The van der Waals surface area contributed by atoms with Crippen molar-refractivity contribution < 1.29 is 0 Å². The minimum Gasteiger partial charge on any atom is -0.385 e. The normalized spacial score (nSPS) is 11.0. The number of fused-ring (bicyclic) bond motifs is 1.